The summed E-state index contributed by atoms with van der Waals surface area (Å²) in [6.07, 6.45) is 4.31. The van der Waals surface area contributed by atoms with Crippen molar-refractivity contribution in [3.8, 4) is 0 Å². The quantitative estimate of drug-likeness (QED) is 0.526. The number of aromatic nitrogens is 2. The number of amides is 1. The average molecular weight is 439 g/mol. The Hall–Kier alpha value is -2.38. The van der Waals surface area contributed by atoms with Crippen molar-refractivity contribution in [1.29, 1.82) is 0 Å². The highest BCUT2D eigenvalue weighted by molar-refractivity contribution is 7.98. The van der Waals surface area contributed by atoms with E-state index < -0.39 is 0 Å². The van der Waals surface area contributed by atoms with E-state index in [1.165, 1.54) is 12.8 Å². The first-order chi connectivity index (χ1) is 14.7. The Morgan fingerprint density at radius 1 is 1.20 bits per heavy atom. The third kappa shape index (κ3) is 5.40. The molecule has 1 N–H and O–H groups in total. The maximum Gasteiger partial charge on any atom is 0.252 e. The topological polar surface area (TPSA) is 58.1 Å². The van der Waals surface area contributed by atoms with Crippen molar-refractivity contribution in [2.75, 3.05) is 18.0 Å². The number of hydrogen-bond acceptors (Lipinski definition) is 6. The van der Waals surface area contributed by atoms with Crippen LogP contribution in [0.1, 0.15) is 41.4 Å². The molecule has 1 fully saturated rings. The molecule has 1 saturated heterocycles. The number of piperidine rings is 1. The van der Waals surface area contributed by atoms with E-state index in [4.69, 9.17) is 0 Å². The number of nitrogens with one attached hydrogen (secondary N) is 1. The van der Waals surface area contributed by atoms with Gasteiger partial charge in [0.15, 0.2) is 0 Å². The second-order valence-electron chi connectivity index (χ2n) is 7.64. The second-order valence-corrected chi connectivity index (χ2v) is 9.38. The highest BCUT2D eigenvalue weighted by Gasteiger charge is 2.17. The summed E-state index contributed by atoms with van der Waals surface area (Å²) in [6, 6.07) is 11.8. The molecule has 4 rings (SSSR count). The van der Waals surface area contributed by atoms with Crippen LogP contribution in [0.5, 0.6) is 0 Å². The van der Waals surface area contributed by atoms with Crippen LogP contribution in [0.3, 0.4) is 0 Å². The minimum atomic E-state index is -0.0644. The molecule has 7 heteroatoms. The van der Waals surface area contributed by atoms with Gasteiger partial charge in [-0.1, -0.05) is 25.1 Å². The molecule has 2 aromatic heterocycles. The maximum absolute atomic E-state index is 12.8. The Morgan fingerprint density at radius 3 is 2.77 bits per heavy atom. The first-order valence-corrected chi connectivity index (χ1v) is 12.2. The summed E-state index contributed by atoms with van der Waals surface area (Å²) < 4.78 is 0. The van der Waals surface area contributed by atoms with E-state index in [1.54, 1.807) is 23.1 Å². The molecule has 0 unspecified atom stereocenters. The smallest absolute Gasteiger partial charge is 0.252 e. The molecule has 0 bridgehead atoms. The second kappa shape index (κ2) is 10.1. The Labute approximate surface area is 185 Å². The van der Waals surface area contributed by atoms with Gasteiger partial charge in [0, 0.05) is 41.9 Å². The number of anilines is 1. The molecule has 3 heterocycles. The molecule has 156 valence electrons. The SMILES string of the molecule is CC1CCN(c2ccc(CNC(=O)c3ccccc3SCc3cscn3)cn2)CC1. The van der Waals surface area contributed by atoms with Crippen molar-refractivity contribution >= 4 is 34.8 Å². The third-order valence-corrected chi connectivity index (χ3v) is 7.10. The van der Waals surface area contributed by atoms with Crippen molar-refractivity contribution in [1.82, 2.24) is 15.3 Å². The minimum Gasteiger partial charge on any atom is -0.357 e. The van der Waals surface area contributed by atoms with E-state index in [9.17, 15) is 4.79 Å². The Bertz CT molecular complexity index is 952. The van der Waals surface area contributed by atoms with Crippen LogP contribution in [-0.2, 0) is 12.3 Å². The van der Waals surface area contributed by atoms with Gasteiger partial charge in [0.25, 0.3) is 5.91 Å². The summed E-state index contributed by atoms with van der Waals surface area (Å²) >= 11 is 3.23. The van der Waals surface area contributed by atoms with E-state index in [0.29, 0.717) is 12.1 Å². The molecule has 0 saturated carbocycles. The molecule has 1 aromatic carbocycles. The minimum absolute atomic E-state index is 0.0644. The van der Waals surface area contributed by atoms with Gasteiger partial charge < -0.3 is 10.2 Å². The molecular formula is C23H26N4OS2. The number of benzene rings is 1. The van der Waals surface area contributed by atoms with Crippen LogP contribution < -0.4 is 10.2 Å². The lowest BCUT2D eigenvalue weighted by molar-refractivity contribution is 0.0948. The number of carbonyl (C=O) groups is 1. The normalized spacial score (nSPS) is 14.6. The van der Waals surface area contributed by atoms with Crippen LogP contribution in [0.4, 0.5) is 5.82 Å². The molecule has 30 heavy (non-hydrogen) atoms. The molecule has 0 atom stereocenters. The zero-order valence-electron chi connectivity index (χ0n) is 17.1. The van der Waals surface area contributed by atoms with Crippen molar-refractivity contribution < 1.29 is 4.79 Å². The molecule has 3 aromatic rings. The van der Waals surface area contributed by atoms with Gasteiger partial charge in [-0.2, -0.15) is 0 Å². The third-order valence-electron chi connectivity index (χ3n) is 5.36. The highest BCUT2D eigenvalue weighted by Crippen LogP contribution is 2.26. The first-order valence-electron chi connectivity index (χ1n) is 10.3. The molecule has 0 spiro atoms. The standard InChI is InChI=1S/C23H26N4OS2/c1-17-8-10-27(11-9-17)22-7-6-18(12-24-22)13-25-23(28)20-4-2-3-5-21(20)30-15-19-14-29-16-26-19/h2-7,12,14,16-17H,8-11,13,15H2,1H3,(H,25,28). The van der Waals surface area contributed by atoms with Crippen LogP contribution in [0.25, 0.3) is 0 Å². The molecule has 5 nitrogen and oxygen atoms in total. The van der Waals surface area contributed by atoms with Gasteiger partial charge in [0.05, 0.1) is 16.8 Å². The highest BCUT2D eigenvalue weighted by atomic mass is 32.2. The number of pyridine rings is 1. The zero-order valence-corrected chi connectivity index (χ0v) is 18.7. The summed E-state index contributed by atoms with van der Waals surface area (Å²) in [6.45, 7) is 4.92. The van der Waals surface area contributed by atoms with Gasteiger partial charge in [0.1, 0.15) is 5.82 Å². The Morgan fingerprint density at radius 2 is 2.03 bits per heavy atom. The number of thioether (sulfide) groups is 1. The first kappa shape index (κ1) is 20.9. The van der Waals surface area contributed by atoms with E-state index in [0.717, 1.165) is 46.7 Å². The number of nitrogens with zero attached hydrogens (tertiary/aromatic N) is 3. The molecule has 1 aliphatic rings. The van der Waals surface area contributed by atoms with Crippen molar-refractivity contribution in [2.24, 2.45) is 5.92 Å². The van der Waals surface area contributed by atoms with Gasteiger partial charge in [-0.3, -0.25) is 4.79 Å². The van der Waals surface area contributed by atoms with Gasteiger partial charge in [-0.15, -0.1) is 23.1 Å². The van der Waals surface area contributed by atoms with Gasteiger partial charge in [-0.05, 0) is 42.5 Å². The largest absolute Gasteiger partial charge is 0.357 e. The van der Waals surface area contributed by atoms with Crippen molar-refractivity contribution in [3.05, 3.63) is 70.3 Å². The average Bonchev–Trinajstić information content (AvgIpc) is 3.31. The van der Waals surface area contributed by atoms with Gasteiger partial charge in [0.2, 0.25) is 0 Å². The number of carbonyl (C=O) groups excluding carboxylic acids is 1. The summed E-state index contributed by atoms with van der Waals surface area (Å²) in [5.74, 6) is 2.53. The molecule has 1 amide bonds. The monoisotopic (exact) mass is 438 g/mol. The molecule has 1 aliphatic heterocycles. The van der Waals surface area contributed by atoms with Crippen LogP contribution in [0, 0.1) is 5.92 Å². The van der Waals surface area contributed by atoms with Crippen LogP contribution in [0.15, 0.2) is 58.4 Å². The van der Waals surface area contributed by atoms with E-state index in [-0.39, 0.29) is 5.91 Å². The fourth-order valence-electron chi connectivity index (χ4n) is 3.46. The molecular weight excluding hydrogens is 412 g/mol. The molecule has 0 radical (unpaired) electrons. The van der Waals surface area contributed by atoms with Crippen LogP contribution >= 0.6 is 23.1 Å². The summed E-state index contributed by atoms with van der Waals surface area (Å²) in [5.41, 5.74) is 4.57. The fraction of sp³-hybridized carbons (Fsp3) is 0.348. The Balaban J connectivity index is 1.33. The van der Waals surface area contributed by atoms with Crippen LogP contribution in [-0.4, -0.2) is 29.0 Å². The lowest BCUT2D eigenvalue weighted by atomic mass is 9.99. The summed E-state index contributed by atoms with van der Waals surface area (Å²) in [5, 5.41) is 5.07. The van der Waals surface area contributed by atoms with Gasteiger partial charge >= 0.3 is 0 Å². The summed E-state index contributed by atoms with van der Waals surface area (Å²) in [7, 11) is 0. The Kier molecular flexibility index (Phi) is 7.02. The lowest BCUT2D eigenvalue weighted by Crippen LogP contribution is -2.33. The predicted octanol–water partition coefficient (Wildman–Crippen LogP) is 5.00. The fourth-order valence-corrected chi connectivity index (χ4v) is 5.08. The predicted molar refractivity (Wildman–Crippen MR) is 124 cm³/mol. The van der Waals surface area contributed by atoms with E-state index in [2.05, 4.69) is 39.2 Å². The van der Waals surface area contributed by atoms with Crippen LogP contribution in [0.2, 0.25) is 0 Å². The number of rotatable bonds is 7. The lowest BCUT2D eigenvalue weighted by Gasteiger charge is -2.31. The van der Waals surface area contributed by atoms with E-state index >= 15 is 0 Å². The van der Waals surface area contributed by atoms with Gasteiger partial charge in [-0.25, -0.2) is 9.97 Å². The summed E-state index contributed by atoms with van der Waals surface area (Å²) in [4.78, 5) is 25.0. The number of thiazole rings is 1. The molecule has 0 aliphatic carbocycles. The van der Waals surface area contributed by atoms with E-state index in [1.807, 2.05) is 41.4 Å². The number of hydrogen-bond donors (Lipinski definition) is 1. The van der Waals surface area contributed by atoms with Crippen molar-refractivity contribution in [2.45, 2.75) is 37.0 Å². The zero-order chi connectivity index (χ0) is 20.8. The maximum atomic E-state index is 12.8. The van der Waals surface area contributed by atoms with Crippen molar-refractivity contribution in [3.63, 3.8) is 0 Å².